The van der Waals surface area contributed by atoms with E-state index in [0.29, 0.717) is 17.0 Å². The Labute approximate surface area is 147 Å². The van der Waals surface area contributed by atoms with Gasteiger partial charge in [0.1, 0.15) is 11.8 Å². The zero-order chi connectivity index (χ0) is 18.0. The van der Waals surface area contributed by atoms with Crippen LogP contribution >= 0.6 is 0 Å². The molecule has 1 aromatic carbocycles. The van der Waals surface area contributed by atoms with Crippen LogP contribution in [0.4, 0.5) is 0 Å². The molecule has 2 aromatic rings. The molecule has 134 valence electrons. The number of nitrogens with zero attached hydrogens (tertiary/aromatic N) is 1. The van der Waals surface area contributed by atoms with E-state index in [9.17, 15) is 13.2 Å². The van der Waals surface area contributed by atoms with Crippen LogP contribution in [0.2, 0.25) is 0 Å². The molecule has 1 aromatic heterocycles. The third-order valence-corrected chi connectivity index (χ3v) is 5.72. The Kier molecular flexibility index (Phi) is 4.94. The van der Waals surface area contributed by atoms with Gasteiger partial charge < -0.3 is 4.74 Å². The second-order valence-corrected chi connectivity index (χ2v) is 8.55. The molecule has 0 unspecified atom stereocenters. The van der Waals surface area contributed by atoms with E-state index in [-0.39, 0.29) is 17.0 Å². The van der Waals surface area contributed by atoms with Crippen LogP contribution in [-0.2, 0) is 14.6 Å². The van der Waals surface area contributed by atoms with Crippen molar-refractivity contribution in [1.82, 2.24) is 10.2 Å². The molecule has 0 saturated heterocycles. The minimum atomic E-state index is -3.24. The van der Waals surface area contributed by atoms with Crippen LogP contribution in [0.25, 0.3) is 11.3 Å². The van der Waals surface area contributed by atoms with Crippen LogP contribution in [0, 0.1) is 6.92 Å². The van der Waals surface area contributed by atoms with E-state index in [1.807, 2.05) is 0 Å². The van der Waals surface area contributed by atoms with Gasteiger partial charge >= 0.3 is 5.97 Å². The minimum absolute atomic E-state index is 0.0126. The first-order chi connectivity index (χ1) is 11.9. The van der Waals surface area contributed by atoms with Crippen LogP contribution in [-0.4, -0.2) is 36.9 Å². The number of hydrogen-bond acceptors (Lipinski definition) is 5. The summed E-state index contributed by atoms with van der Waals surface area (Å²) in [5.74, 6) is -0.379. The number of hydrogen-bond donors (Lipinski definition) is 1. The lowest BCUT2D eigenvalue weighted by atomic mass is 9.98. The molecular weight excluding hydrogens is 340 g/mol. The second kappa shape index (κ2) is 7.00. The molecule has 1 N–H and O–H groups in total. The van der Waals surface area contributed by atoms with Gasteiger partial charge in [0.15, 0.2) is 9.84 Å². The lowest BCUT2D eigenvalue weighted by Crippen LogP contribution is -2.21. The van der Waals surface area contributed by atoms with E-state index in [2.05, 4.69) is 10.2 Å². The Morgan fingerprint density at radius 3 is 2.40 bits per heavy atom. The summed E-state index contributed by atoms with van der Waals surface area (Å²) in [7, 11) is -3.24. The SMILES string of the molecule is Cc1c(-c2ccc(S(C)(=O)=O)cc2)n[nH]c1C(=O)OC1CCCCC1. The number of nitrogens with one attached hydrogen (secondary N) is 1. The van der Waals surface area contributed by atoms with Crippen molar-refractivity contribution in [2.75, 3.05) is 6.26 Å². The van der Waals surface area contributed by atoms with Crippen molar-refractivity contribution in [3.05, 3.63) is 35.5 Å². The average molecular weight is 362 g/mol. The van der Waals surface area contributed by atoms with Gasteiger partial charge in [-0.1, -0.05) is 18.6 Å². The van der Waals surface area contributed by atoms with Gasteiger partial charge in [-0.25, -0.2) is 13.2 Å². The van der Waals surface area contributed by atoms with Gasteiger partial charge in [0.2, 0.25) is 0 Å². The summed E-state index contributed by atoms with van der Waals surface area (Å²) in [6.07, 6.45) is 6.38. The number of carbonyl (C=O) groups excluding carboxylic acids is 1. The first-order valence-electron chi connectivity index (χ1n) is 8.42. The molecule has 0 amide bonds. The summed E-state index contributed by atoms with van der Waals surface area (Å²) in [6, 6.07) is 6.46. The van der Waals surface area contributed by atoms with Gasteiger partial charge in [0, 0.05) is 17.4 Å². The predicted octanol–water partition coefficient (Wildman–Crippen LogP) is 3.28. The highest BCUT2D eigenvalue weighted by atomic mass is 32.2. The van der Waals surface area contributed by atoms with Gasteiger partial charge in [-0.15, -0.1) is 0 Å². The topological polar surface area (TPSA) is 89.1 Å². The van der Waals surface area contributed by atoms with Crippen molar-refractivity contribution >= 4 is 15.8 Å². The van der Waals surface area contributed by atoms with Gasteiger partial charge in [-0.3, -0.25) is 5.10 Å². The van der Waals surface area contributed by atoms with E-state index < -0.39 is 9.84 Å². The van der Waals surface area contributed by atoms with Crippen molar-refractivity contribution < 1.29 is 17.9 Å². The largest absolute Gasteiger partial charge is 0.458 e. The van der Waals surface area contributed by atoms with Crippen molar-refractivity contribution in [3.63, 3.8) is 0 Å². The zero-order valence-corrected chi connectivity index (χ0v) is 15.2. The Morgan fingerprint density at radius 2 is 1.80 bits per heavy atom. The Morgan fingerprint density at radius 1 is 1.16 bits per heavy atom. The summed E-state index contributed by atoms with van der Waals surface area (Å²) in [5, 5.41) is 6.98. The number of aromatic amines is 1. The van der Waals surface area contributed by atoms with Crippen LogP contribution in [0.15, 0.2) is 29.2 Å². The molecule has 1 fully saturated rings. The number of esters is 1. The fraction of sp³-hybridized carbons (Fsp3) is 0.444. The highest BCUT2D eigenvalue weighted by Gasteiger charge is 2.23. The Bertz CT molecular complexity index is 863. The molecule has 0 aliphatic heterocycles. The fourth-order valence-corrected chi connectivity index (χ4v) is 3.76. The molecule has 1 aliphatic rings. The maximum Gasteiger partial charge on any atom is 0.356 e. The van der Waals surface area contributed by atoms with E-state index in [1.54, 1.807) is 31.2 Å². The summed E-state index contributed by atoms with van der Waals surface area (Å²) < 4.78 is 28.7. The molecule has 6 nitrogen and oxygen atoms in total. The molecule has 1 saturated carbocycles. The zero-order valence-electron chi connectivity index (χ0n) is 14.4. The molecule has 0 radical (unpaired) electrons. The van der Waals surface area contributed by atoms with E-state index in [1.165, 1.54) is 12.7 Å². The van der Waals surface area contributed by atoms with Crippen LogP contribution < -0.4 is 0 Å². The van der Waals surface area contributed by atoms with Gasteiger partial charge in [-0.2, -0.15) is 5.10 Å². The summed E-state index contributed by atoms with van der Waals surface area (Å²) >= 11 is 0. The van der Waals surface area contributed by atoms with E-state index in [0.717, 1.165) is 31.2 Å². The molecule has 0 bridgehead atoms. The normalized spacial score (nSPS) is 15.9. The first-order valence-corrected chi connectivity index (χ1v) is 10.3. The number of sulfone groups is 1. The molecule has 1 heterocycles. The van der Waals surface area contributed by atoms with Crippen molar-refractivity contribution in [2.45, 2.75) is 50.0 Å². The van der Waals surface area contributed by atoms with Gasteiger partial charge in [-0.05, 0) is 44.7 Å². The lowest BCUT2D eigenvalue weighted by Gasteiger charge is -2.21. The van der Waals surface area contributed by atoms with Gasteiger partial charge in [0.25, 0.3) is 0 Å². The molecule has 0 atom stereocenters. The quantitative estimate of drug-likeness (QED) is 0.843. The third kappa shape index (κ3) is 3.92. The molecule has 25 heavy (non-hydrogen) atoms. The molecule has 0 spiro atoms. The smallest absolute Gasteiger partial charge is 0.356 e. The minimum Gasteiger partial charge on any atom is -0.458 e. The van der Waals surface area contributed by atoms with Gasteiger partial charge in [0.05, 0.1) is 10.6 Å². The number of benzene rings is 1. The molecular formula is C18H22N2O4S. The molecule has 3 rings (SSSR count). The number of aromatic nitrogens is 2. The Hall–Kier alpha value is -2.15. The summed E-state index contributed by atoms with van der Waals surface area (Å²) in [6.45, 7) is 1.81. The van der Waals surface area contributed by atoms with Crippen molar-refractivity contribution in [3.8, 4) is 11.3 Å². The second-order valence-electron chi connectivity index (χ2n) is 6.53. The number of rotatable bonds is 4. The molecule has 1 aliphatic carbocycles. The fourth-order valence-electron chi connectivity index (χ4n) is 3.13. The average Bonchev–Trinajstić information content (AvgIpc) is 2.97. The maximum absolute atomic E-state index is 12.4. The summed E-state index contributed by atoms with van der Waals surface area (Å²) in [4.78, 5) is 12.6. The molecule has 7 heteroatoms. The monoisotopic (exact) mass is 362 g/mol. The van der Waals surface area contributed by atoms with Crippen LogP contribution in [0.5, 0.6) is 0 Å². The highest BCUT2D eigenvalue weighted by molar-refractivity contribution is 7.90. The first kappa shape index (κ1) is 17.7. The van der Waals surface area contributed by atoms with E-state index >= 15 is 0 Å². The van der Waals surface area contributed by atoms with Crippen LogP contribution in [0.3, 0.4) is 0 Å². The van der Waals surface area contributed by atoms with Crippen LogP contribution in [0.1, 0.15) is 48.2 Å². The summed E-state index contributed by atoms with van der Waals surface area (Å²) in [5.41, 5.74) is 2.43. The lowest BCUT2D eigenvalue weighted by molar-refractivity contribution is 0.0203. The Balaban J connectivity index is 1.79. The van der Waals surface area contributed by atoms with Crippen molar-refractivity contribution in [1.29, 1.82) is 0 Å². The number of H-pyrrole nitrogens is 1. The van der Waals surface area contributed by atoms with Crippen molar-refractivity contribution in [2.24, 2.45) is 0 Å². The third-order valence-electron chi connectivity index (χ3n) is 4.60. The highest BCUT2D eigenvalue weighted by Crippen LogP contribution is 2.26. The predicted molar refractivity (Wildman–Crippen MR) is 94.2 cm³/mol. The number of ether oxygens (including phenoxy) is 1. The number of carbonyl (C=O) groups is 1. The maximum atomic E-state index is 12.4. The standard InChI is InChI=1S/C18H22N2O4S/c1-12-16(13-8-10-15(11-9-13)25(2,22)23)19-20-17(12)18(21)24-14-6-4-3-5-7-14/h8-11,14H,3-7H2,1-2H3,(H,19,20). The van der Waals surface area contributed by atoms with E-state index in [4.69, 9.17) is 4.74 Å².